The first-order valence-corrected chi connectivity index (χ1v) is 3.43. The Morgan fingerprint density at radius 1 is 1.67 bits per heavy atom. The van der Waals surface area contributed by atoms with Gasteiger partial charge in [-0.15, -0.1) is 0 Å². The normalized spacial score (nSPS) is 9.67. The van der Waals surface area contributed by atoms with Gasteiger partial charge >= 0.3 is 0 Å². The van der Waals surface area contributed by atoms with E-state index in [4.69, 9.17) is 10.00 Å². The molecule has 1 aromatic heterocycles. The van der Waals surface area contributed by atoms with Gasteiger partial charge in [0.15, 0.2) is 0 Å². The number of allylic oxidation sites excluding steroid dienone is 1. The van der Waals surface area contributed by atoms with E-state index in [1.165, 1.54) is 6.08 Å². The quantitative estimate of drug-likeness (QED) is 0.617. The van der Waals surface area contributed by atoms with Crippen molar-refractivity contribution in [2.45, 2.75) is 0 Å². The van der Waals surface area contributed by atoms with Gasteiger partial charge < -0.3 is 4.74 Å². The van der Waals surface area contributed by atoms with Crippen molar-refractivity contribution in [1.29, 1.82) is 5.26 Å². The largest absolute Gasteiger partial charge is 0.481 e. The Bertz CT molecular complexity index is 326. The Morgan fingerprint density at radius 3 is 3.17 bits per heavy atom. The number of nitriles is 1. The fourth-order valence-corrected chi connectivity index (χ4v) is 0.828. The molecule has 60 valence electrons. The van der Waals surface area contributed by atoms with Crippen LogP contribution in [0.1, 0.15) is 5.56 Å². The zero-order valence-electron chi connectivity index (χ0n) is 6.69. The summed E-state index contributed by atoms with van der Waals surface area (Å²) in [5, 5.41) is 8.29. The zero-order valence-corrected chi connectivity index (χ0v) is 6.69. The van der Waals surface area contributed by atoms with Crippen molar-refractivity contribution in [2.24, 2.45) is 0 Å². The van der Waals surface area contributed by atoms with Gasteiger partial charge in [0, 0.05) is 17.8 Å². The molecule has 0 fully saturated rings. The molecule has 0 N–H and O–H groups in total. The van der Waals surface area contributed by atoms with Crippen molar-refractivity contribution in [1.82, 2.24) is 4.98 Å². The number of hydrogen-bond donors (Lipinski definition) is 0. The van der Waals surface area contributed by atoms with Crippen LogP contribution in [0.4, 0.5) is 0 Å². The molecule has 0 saturated heterocycles. The lowest BCUT2D eigenvalue weighted by molar-refractivity contribution is 0.397. The van der Waals surface area contributed by atoms with Crippen LogP contribution in [0.25, 0.3) is 6.08 Å². The third-order valence-corrected chi connectivity index (χ3v) is 1.33. The summed E-state index contributed by atoms with van der Waals surface area (Å²) >= 11 is 0. The standard InChI is InChI=1S/C9H8N2O/c1-12-9-8(4-2-6-10)5-3-7-11-9/h2-5,7H,1H3/b4-2-. The van der Waals surface area contributed by atoms with Gasteiger partial charge in [0.1, 0.15) is 0 Å². The number of rotatable bonds is 2. The van der Waals surface area contributed by atoms with E-state index in [1.54, 1.807) is 25.4 Å². The fraction of sp³-hybridized carbons (Fsp3) is 0.111. The molecule has 0 aliphatic carbocycles. The summed E-state index contributed by atoms with van der Waals surface area (Å²) in [6, 6.07) is 5.53. The van der Waals surface area contributed by atoms with Gasteiger partial charge in [0.25, 0.3) is 0 Å². The molecule has 0 aliphatic rings. The molecular formula is C9H8N2O. The molecule has 1 heterocycles. The van der Waals surface area contributed by atoms with Crippen LogP contribution in [-0.2, 0) is 0 Å². The molecule has 3 nitrogen and oxygen atoms in total. The van der Waals surface area contributed by atoms with Gasteiger partial charge in [0.2, 0.25) is 5.88 Å². The maximum atomic E-state index is 8.29. The number of hydrogen-bond acceptors (Lipinski definition) is 3. The summed E-state index contributed by atoms with van der Waals surface area (Å²) in [6.45, 7) is 0. The lowest BCUT2D eigenvalue weighted by Crippen LogP contribution is -1.89. The van der Waals surface area contributed by atoms with Gasteiger partial charge in [-0.1, -0.05) is 0 Å². The Morgan fingerprint density at radius 2 is 2.50 bits per heavy atom. The average molecular weight is 160 g/mol. The highest BCUT2D eigenvalue weighted by Gasteiger charge is 1.96. The number of nitrogens with zero attached hydrogens (tertiary/aromatic N) is 2. The zero-order chi connectivity index (χ0) is 8.81. The Labute approximate surface area is 70.9 Å². The van der Waals surface area contributed by atoms with Crippen LogP contribution < -0.4 is 4.74 Å². The van der Waals surface area contributed by atoms with Crippen molar-refractivity contribution in [3.8, 4) is 11.9 Å². The van der Waals surface area contributed by atoms with E-state index in [1.807, 2.05) is 12.1 Å². The summed E-state index contributed by atoms with van der Waals surface area (Å²) in [6.07, 6.45) is 4.69. The minimum Gasteiger partial charge on any atom is -0.481 e. The van der Waals surface area contributed by atoms with Crippen molar-refractivity contribution >= 4 is 6.08 Å². The summed E-state index contributed by atoms with van der Waals surface area (Å²) in [5.41, 5.74) is 0.807. The minimum absolute atomic E-state index is 0.531. The van der Waals surface area contributed by atoms with E-state index in [2.05, 4.69) is 4.98 Å². The number of pyridine rings is 1. The van der Waals surface area contributed by atoms with Crippen LogP contribution in [0, 0.1) is 11.3 Å². The van der Waals surface area contributed by atoms with Gasteiger partial charge in [-0.2, -0.15) is 5.26 Å². The molecule has 0 spiro atoms. The van der Waals surface area contributed by atoms with E-state index >= 15 is 0 Å². The highest BCUT2D eigenvalue weighted by molar-refractivity contribution is 5.56. The molecule has 12 heavy (non-hydrogen) atoms. The molecule has 0 aliphatic heterocycles. The van der Waals surface area contributed by atoms with E-state index in [9.17, 15) is 0 Å². The van der Waals surface area contributed by atoms with Crippen molar-refractivity contribution in [3.05, 3.63) is 30.0 Å². The van der Waals surface area contributed by atoms with Crippen LogP contribution in [0.2, 0.25) is 0 Å². The minimum atomic E-state index is 0.531. The Kier molecular flexibility index (Phi) is 2.86. The molecule has 0 amide bonds. The molecule has 3 heteroatoms. The Balaban J connectivity index is 2.99. The smallest absolute Gasteiger partial charge is 0.220 e. The van der Waals surface area contributed by atoms with Gasteiger partial charge in [-0.25, -0.2) is 4.98 Å². The molecule has 1 rings (SSSR count). The summed E-state index contributed by atoms with van der Waals surface area (Å²) in [5.74, 6) is 0.531. The summed E-state index contributed by atoms with van der Waals surface area (Å²) in [7, 11) is 1.55. The first kappa shape index (κ1) is 8.28. The fourth-order valence-electron chi connectivity index (χ4n) is 0.828. The third kappa shape index (κ3) is 1.83. The molecule has 0 bridgehead atoms. The topological polar surface area (TPSA) is 45.9 Å². The lowest BCUT2D eigenvalue weighted by atomic mass is 10.2. The van der Waals surface area contributed by atoms with Crippen LogP contribution in [-0.4, -0.2) is 12.1 Å². The van der Waals surface area contributed by atoms with E-state index in [-0.39, 0.29) is 0 Å². The SMILES string of the molecule is COc1ncccc1/C=C\C#N. The number of ether oxygens (including phenoxy) is 1. The molecule has 1 aromatic rings. The highest BCUT2D eigenvalue weighted by atomic mass is 16.5. The molecule has 0 atom stereocenters. The Hall–Kier alpha value is -1.82. The third-order valence-electron chi connectivity index (χ3n) is 1.33. The second-order valence-electron chi connectivity index (χ2n) is 2.06. The van der Waals surface area contributed by atoms with E-state index in [0.29, 0.717) is 5.88 Å². The maximum absolute atomic E-state index is 8.29. The average Bonchev–Trinajstić information content (AvgIpc) is 2.15. The van der Waals surface area contributed by atoms with E-state index < -0.39 is 0 Å². The van der Waals surface area contributed by atoms with Crippen LogP contribution in [0.15, 0.2) is 24.4 Å². The predicted molar refractivity (Wildman–Crippen MR) is 45.4 cm³/mol. The van der Waals surface area contributed by atoms with Crippen molar-refractivity contribution < 1.29 is 4.74 Å². The van der Waals surface area contributed by atoms with Crippen molar-refractivity contribution in [3.63, 3.8) is 0 Å². The first-order valence-electron chi connectivity index (χ1n) is 3.43. The summed E-state index contributed by atoms with van der Waals surface area (Å²) < 4.78 is 4.97. The molecule has 0 radical (unpaired) electrons. The second-order valence-corrected chi connectivity index (χ2v) is 2.06. The number of aromatic nitrogens is 1. The van der Waals surface area contributed by atoms with Gasteiger partial charge in [0.05, 0.1) is 13.2 Å². The van der Waals surface area contributed by atoms with Crippen molar-refractivity contribution in [2.75, 3.05) is 7.11 Å². The maximum Gasteiger partial charge on any atom is 0.220 e. The highest BCUT2D eigenvalue weighted by Crippen LogP contribution is 2.14. The van der Waals surface area contributed by atoms with Crippen LogP contribution in [0.3, 0.4) is 0 Å². The molecule has 0 saturated carbocycles. The number of methoxy groups -OCH3 is 1. The molecule has 0 aromatic carbocycles. The van der Waals surface area contributed by atoms with Crippen LogP contribution in [0.5, 0.6) is 5.88 Å². The van der Waals surface area contributed by atoms with E-state index in [0.717, 1.165) is 5.56 Å². The van der Waals surface area contributed by atoms with Gasteiger partial charge in [-0.05, 0) is 18.2 Å². The first-order chi connectivity index (χ1) is 5.88. The second kappa shape index (κ2) is 4.14. The van der Waals surface area contributed by atoms with Crippen LogP contribution >= 0.6 is 0 Å². The molecule has 0 unspecified atom stereocenters. The lowest BCUT2D eigenvalue weighted by Gasteiger charge is -2.00. The monoisotopic (exact) mass is 160 g/mol. The van der Waals surface area contributed by atoms with Gasteiger partial charge in [-0.3, -0.25) is 0 Å². The predicted octanol–water partition coefficient (Wildman–Crippen LogP) is 1.63. The summed E-state index contributed by atoms with van der Waals surface area (Å²) in [4.78, 5) is 3.97. The molecular weight excluding hydrogens is 152 g/mol.